The number of hydrogen-bond acceptors (Lipinski definition) is 5. The molecule has 0 unspecified atom stereocenters. The number of ether oxygens (including phenoxy) is 2. The third-order valence-electron chi connectivity index (χ3n) is 4.55. The number of nitrogens with zero attached hydrogens (tertiary/aromatic N) is 2. The number of thiazole rings is 1. The number of aromatic nitrogens is 1. The summed E-state index contributed by atoms with van der Waals surface area (Å²) in [6.45, 7) is 4.57. The lowest BCUT2D eigenvalue weighted by Gasteiger charge is -2.10. The van der Waals surface area contributed by atoms with Gasteiger partial charge in [0.15, 0.2) is 0 Å². The van der Waals surface area contributed by atoms with Gasteiger partial charge in [-0.15, -0.1) is 11.3 Å². The molecular formula is C23H20N2O2S. The van der Waals surface area contributed by atoms with Crippen molar-refractivity contribution in [1.29, 1.82) is 5.26 Å². The number of fused-ring (bicyclic) bond motifs is 1. The molecule has 5 heteroatoms. The maximum atomic E-state index is 9.75. The van der Waals surface area contributed by atoms with Crippen LogP contribution in [0.3, 0.4) is 0 Å². The molecule has 4 rings (SSSR count). The molecule has 1 aliphatic rings. The summed E-state index contributed by atoms with van der Waals surface area (Å²) < 4.78 is 11.7. The van der Waals surface area contributed by atoms with Crippen LogP contribution in [0.2, 0.25) is 0 Å². The fraction of sp³-hybridized carbons (Fsp3) is 0.217. The van der Waals surface area contributed by atoms with Crippen molar-refractivity contribution in [3.63, 3.8) is 0 Å². The molecule has 0 saturated carbocycles. The number of allylic oxidation sites excluding steroid dienone is 1. The Hall–Kier alpha value is -3.10. The normalized spacial score (nSPS) is 15.6. The van der Waals surface area contributed by atoms with E-state index in [1.807, 2.05) is 60.8 Å². The maximum Gasteiger partial charge on any atom is 0.134 e. The first kappa shape index (κ1) is 18.3. The van der Waals surface area contributed by atoms with Gasteiger partial charge in [-0.25, -0.2) is 4.98 Å². The van der Waals surface area contributed by atoms with Crippen LogP contribution in [0.25, 0.3) is 22.9 Å². The van der Waals surface area contributed by atoms with Gasteiger partial charge in [0.05, 0.1) is 17.9 Å². The number of nitriles is 1. The van der Waals surface area contributed by atoms with Gasteiger partial charge >= 0.3 is 0 Å². The van der Waals surface area contributed by atoms with E-state index < -0.39 is 0 Å². The number of hydrogen-bond donors (Lipinski definition) is 0. The minimum atomic E-state index is 0.159. The monoisotopic (exact) mass is 388 g/mol. The van der Waals surface area contributed by atoms with E-state index in [0.717, 1.165) is 40.3 Å². The zero-order valence-electron chi connectivity index (χ0n) is 15.8. The number of rotatable bonds is 5. The molecule has 0 fully saturated rings. The molecule has 140 valence electrons. The standard InChI is InChI=1S/C23H20N2O2S/c1-3-26-21-11-17-9-15(2)27-22(17)12-18(21)10-19(13-24)23-25-20(14-28-23)16-7-5-4-6-8-16/h4-8,10-12,14-15H,3,9H2,1-2H3/b19-10+/t15-/m0/s1. The molecule has 3 aromatic rings. The molecule has 0 spiro atoms. The van der Waals surface area contributed by atoms with Crippen LogP contribution >= 0.6 is 11.3 Å². The first-order valence-electron chi connectivity index (χ1n) is 9.27. The van der Waals surface area contributed by atoms with E-state index in [9.17, 15) is 5.26 Å². The minimum Gasteiger partial charge on any atom is -0.493 e. The van der Waals surface area contributed by atoms with Gasteiger partial charge in [0.25, 0.3) is 0 Å². The van der Waals surface area contributed by atoms with E-state index in [4.69, 9.17) is 9.47 Å². The van der Waals surface area contributed by atoms with E-state index in [0.29, 0.717) is 17.2 Å². The molecule has 0 bridgehead atoms. The first-order valence-corrected chi connectivity index (χ1v) is 10.2. The van der Waals surface area contributed by atoms with Crippen LogP contribution < -0.4 is 9.47 Å². The Bertz CT molecular complexity index is 1060. The van der Waals surface area contributed by atoms with Crippen LogP contribution in [0.4, 0.5) is 0 Å². The molecule has 1 atom stereocenters. The highest BCUT2D eigenvalue weighted by atomic mass is 32.1. The van der Waals surface area contributed by atoms with Crippen molar-refractivity contribution in [3.8, 4) is 28.8 Å². The van der Waals surface area contributed by atoms with Crippen LogP contribution in [-0.4, -0.2) is 17.7 Å². The molecule has 0 amide bonds. The van der Waals surface area contributed by atoms with Gasteiger partial charge in [0, 0.05) is 28.5 Å². The van der Waals surface area contributed by atoms with E-state index in [1.54, 1.807) is 0 Å². The molecule has 0 N–H and O–H groups in total. The zero-order valence-corrected chi connectivity index (χ0v) is 16.6. The fourth-order valence-electron chi connectivity index (χ4n) is 3.28. The van der Waals surface area contributed by atoms with Crippen molar-refractivity contribution >= 4 is 23.0 Å². The lowest BCUT2D eigenvalue weighted by Crippen LogP contribution is -2.05. The van der Waals surface area contributed by atoms with Crippen molar-refractivity contribution in [2.75, 3.05) is 6.61 Å². The van der Waals surface area contributed by atoms with E-state index in [2.05, 4.69) is 18.0 Å². The third-order valence-corrected chi connectivity index (χ3v) is 5.43. The Kier molecular flexibility index (Phi) is 5.14. The van der Waals surface area contributed by atoms with Crippen LogP contribution in [0.5, 0.6) is 11.5 Å². The summed E-state index contributed by atoms with van der Waals surface area (Å²) in [6.07, 6.45) is 2.87. The number of benzene rings is 2. The van der Waals surface area contributed by atoms with Crippen molar-refractivity contribution in [2.45, 2.75) is 26.4 Å². The Morgan fingerprint density at radius 3 is 2.93 bits per heavy atom. The Morgan fingerprint density at radius 2 is 2.18 bits per heavy atom. The van der Waals surface area contributed by atoms with Gasteiger partial charge in [-0.05, 0) is 32.1 Å². The van der Waals surface area contributed by atoms with Crippen LogP contribution in [0, 0.1) is 11.3 Å². The third kappa shape index (κ3) is 3.64. The Labute approximate surface area is 168 Å². The second-order valence-corrected chi connectivity index (χ2v) is 7.50. The lowest BCUT2D eigenvalue weighted by atomic mass is 10.0. The van der Waals surface area contributed by atoms with Gasteiger partial charge < -0.3 is 9.47 Å². The summed E-state index contributed by atoms with van der Waals surface area (Å²) in [5, 5.41) is 12.4. The molecule has 1 aliphatic heterocycles. The van der Waals surface area contributed by atoms with Gasteiger partial charge in [0.2, 0.25) is 0 Å². The molecule has 0 saturated heterocycles. The van der Waals surface area contributed by atoms with E-state index >= 15 is 0 Å². The Balaban J connectivity index is 1.72. The van der Waals surface area contributed by atoms with Gasteiger partial charge in [0.1, 0.15) is 28.7 Å². The highest BCUT2D eigenvalue weighted by Gasteiger charge is 2.22. The van der Waals surface area contributed by atoms with Crippen LogP contribution in [0.1, 0.15) is 30.0 Å². The van der Waals surface area contributed by atoms with Crippen molar-refractivity contribution in [1.82, 2.24) is 4.98 Å². The van der Waals surface area contributed by atoms with Gasteiger partial charge in [-0.2, -0.15) is 5.26 Å². The van der Waals surface area contributed by atoms with Gasteiger partial charge in [-0.1, -0.05) is 30.3 Å². The van der Waals surface area contributed by atoms with Crippen molar-refractivity contribution in [3.05, 3.63) is 64.0 Å². The quantitative estimate of drug-likeness (QED) is 0.534. The predicted molar refractivity (Wildman–Crippen MR) is 112 cm³/mol. The molecule has 2 aromatic carbocycles. The summed E-state index contributed by atoms with van der Waals surface area (Å²) in [5.41, 5.74) is 4.41. The molecule has 2 heterocycles. The average molecular weight is 388 g/mol. The summed E-state index contributed by atoms with van der Waals surface area (Å²) in [5.74, 6) is 1.63. The molecular weight excluding hydrogens is 368 g/mol. The predicted octanol–water partition coefficient (Wildman–Crippen LogP) is 5.60. The summed E-state index contributed by atoms with van der Waals surface area (Å²) in [6, 6.07) is 16.3. The maximum absolute atomic E-state index is 9.75. The SMILES string of the molecule is CCOc1cc2c(cc1/C=C(\C#N)c1nc(-c3ccccc3)cs1)O[C@@H](C)C2. The zero-order chi connectivity index (χ0) is 19.5. The van der Waals surface area contributed by atoms with Crippen LogP contribution in [0.15, 0.2) is 47.8 Å². The largest absolute Gasteiger partial charge is 0.493 e. The molecule has 1 aromatic heterocycles. The summed E-state index contributed by atoms with van der Waals surface area (Å²) >= 11 is 1.47. The fourth-order valence-corrected chi connectivity index (χ4v) is 4.08. The first-order chi connectivity index (χ1) is 13.7. The summed E-state index contributed by atoms with van der Waals surface area (Å²) in [4.78, 5) is 4.66. The van der Waals surface area contributed by atoms with E-state index in [1.165, 1.54) is 11.3 Å². The molecule has 0 aliphatic carbocycles. The van der Waals surface area contributed by atoms with Gasteiger partial charge in [-0.3, -0.25) is 0 Å². The lowest BCUT2D eigenvalue weighted by molar-refractivity contribution is 0.254. The second-order valence-electron chi connectivity index (χ2n) is 6.64. The summed E-state index contributed by atoms with van der Waals surface area (Å²) in [7, 11) is 0. The molecule has 0 radical (unpaired) electrons. The molecule has 4 nitrogen and oxygen atoms in total. The average Bonchev–Trinajstić information content (AvgIpc) is 3.33. The second kappa shape index (κ2) is 7.87. The molecule has 28 heavy (non-hydrogen) atoms. The highest BCUT2D eigenvalue weighted by Crippen LogP contribution is 2.37. The highest BCUT2D eigenvalue weighted by molar-refractivity contribution is 7.11. The Morgan fingerprint density at radius 1 is 1.36 bits per heavy atom. The van der Waals surface area contributed by atoms with Crippen molar-refractivity contribution < 1.29 is 9.47 Å². The van der Waals surface area contributed by atoms with E-state index in [-0.39, 0.29) is 6.10 Å². The van der Waals surface area contributed by atoms with Crippen molar-refractivity contribution in [2.24, 2.45) is 0 Å². The topological polar surface area (TPSA) is 55.1 Å². The van der Waals surface area contributed by atoms with Crippen LogP contribution in [-0.2, 0) is 6.42 Å². The smallest absolute Gasteiger partial charge is 0.134 e. The minimum absolute atomic E-state index is 0.159.